The summed E-state index contributed by atoms with van der Waals surface area (Å²) in [6, 6.07) is 0.561. The Morgan fingerprint density at radius 2 is 2.14 bits per heavy atom. The molecule has 21 heavy (non-hydrogen) atoms. The van der Waals surface area contributed by atoms with E-state index in [2.05, 4.69) is 41.4 Å². The molecule has 1 saturated carbocycles. The van der Waals surface area contributed by atoms with Crippen LogP contribution in [-0.2, 0) is 6.42 Å². The largest absolute Gasteiger partial charge is 0.356 e. The fourth-order valence-electron chi connectivity index (χ4n) is 2.74. The fraction of sp³-hybridized carbons (Fsp3) is 0.750. The molecule has 0 aromatic carbocycles. The average Bonchev–Trinajstić information content (AvgIpc) is 2.85. The Bertz CT molecular complexity index is 468. The summed E-state index contributed by atoms with van der Waals surface area (Å²) in [5.74, 6) is 0.924. The Kier molecular flexibility index (Phi) is 5.62. The number of nitrogens with zero attached hydrogens (tertiary/aromatic N) is 2. The molecule has 0 radical (unpaired) electrons. The van der Waals surface area contributed by atoms with E-state index in [9.17, 15) is 0 Å². The SMILES string of the molecule is CN=C(NCCc1ncc(C)s1)NC1CCC(C)(C)CC1. The van der Waals surface area contributed by atoms with Crippen molar-refractivity contribution in [3.05, 3.63) is 16.1 Å². The Labute approximate surface area is 132 Å². The lowest BCUT2D eigenvalue weighted by Crippen LogP contribution is -2.46. The van der Waals surface area contributed by atoms with Gasteiger partial charge < -0.3 is 10.6 Å². The molecule has 2 N–H and O–H groups in total. The molecule has 0 aliphatic heterocycles. The molecule has 0 bridgehead atoms. The lowest BCUT2D eigenvalue weighted by atomic mass is 9.75. The van der Waals surface area contributed by atoms with Crippen molar-refractivity contribution < 1.29 is 0 Å². The van der Waals surface area contributed by atoms with Crippen molar-refractivity contribution in [1.82, 2.24) is 15.6 Å². The van der Waals surface area contributed by atoms with Gasteiger partial charge in [0.1, 0.15) is 0 Å². The van der Waals surface area contributed by atoms with Gasteiger partial charge in [-0.1, -0.05) is 13.8 Å². The van der Waals surface area contributed by atoms with Gasteiger partial charge in [0.05, 0.1) is 5.01 Å². The van der Waals surface area contributed by atoms with Gasteiger partial charge in [-0.15, -0.1) is 11.3 Å². The summed E-state index contributed by atoms with van der Waals surface area (Å²) in [7, 11) is 1.84. The summed E-state index contributed by atoms with van der Waals surface area (Å²) in [5, 5.41) is 8.15. The zero-order valence-corrected chi connectivity index (χ0v) is 14.5. The van der Waals surface area contributed by atoms with E-state index in [-0.39, 0.29) is 0 Å². The van der Waals surface area contributed by atoms with Crippen molar-refractivity contribution in [3.63, 3.8) is 0 Å². The Hall–Kier alpha value is -1.10. The van der Waals surface area contributed by atoms with Crippen LogP contribution in [0.15, 0.2) is 11.2 Å². The first-order valence-electron chi connectivity index (χ1n) is 7.87. The highest BCUT2D eigenvalue weighted by Gasteiger charge is 2.27. The Balaban J connectivity index is 1.71. The normalized spacial score (nSPS) is 19.5. The highest BCUT2D eigenvalue weighted by Crippen LogP contribution is 2.34. The van der Waals surface area contributed by atoms with E-state index in [1.54, 1.807) is 11.3 Å². The van der Waals surface area contributed by atoms with Gasteiger partial charge in [0, 0.05) is 37.1 Å². The minimum atomic E-state index is 0.512. The van der Waals surface area contributed by atoms with E-state index in [1.165, 1.54) is 35.6 Å². The van der Waals surface area contributed by atoms with E-state index in [1.807, 2.05) is 13.2 Å². The van der Waals surface area contributed by atoms with Gasteiger partial charge in [-0.3, -0.25) is 4.99 Å². The molecule has 0 amide bonds. The first kappa shape index (κ1) is 16.3. The summed E-state index contributed by atoms with van der Waals surface area (Å²) in [4.78, 5) is 10.00. The Morgan fingerprint density at radius 1 is 1.43 bits per heavy atom. The molecule has 0 unspecified atom stereocenters. The molecule has 1 aliphatic carbocycles. The number of guanidine groups is 1. The van der Waals surface area contributed by atoms with E-state index >= 15 is 0 Å². The first-order chi connectivity index (χ1) is 9.98. The molecule has 2 rings (SSSR count). The lowest BCUT2D eigenvalue weighted by Gasteiger charge is -2.35. The smallest absolute Gasteiger partial charge is 0.191 e. The maximum atomic E-state index is 4.39. The van der Waals surface area contributed by atoms with E-state index < -0.39 is 0 Å². The van der Waals surface area contributed by atoms with Gasteiger partial charge in [-0.05, 0) is 38.0 Å². The molecule has 118 valence electrons. The minimum Gasteiger partial charge on any atom is -0.356 e. The van der Waals surface area contributed by atoms with Crippen LogP contribution in [0.3, 0.4) is 0 Å². The zero-order chi connectivity index (χ0) is 15.3. The quantitative estimate of drug-likeness (QED) is 0.664. The van der Waals surface area contributed by atoms with E-state index in [0.717, 1.165) is 18.9 Å². The summed E-state index contributed by atoms with van der Waals surface area (Å²) in [6.45, 7) is 7.71. The third-order valence-corrected chi connectivity index (χ3v) is 5.18. The third-order valence-electron chi connectivity index (χ3n) is 4.20. The van der Waals surface area contributed by atoms with Crippen molar-refractivity contribution in [2.75, 3.05) is 13.6 Å². The van der Waals surface area contributed by atoms with Crippen LogP contribution >= 0.6 is 11.3 Å². The molecule has 1 aliphatic rings. The first-order valence-corrected chi connectivity index (χ1v) is 8.69. The molecule has 1 heterocycles. The standard InChI is InChI=1S/C16H28N4S/c1-12-11-19-14(21-12)7-10-18-15(17-4)20-13-5-8-16(2,3)9-6-13/h11,13H,5-10H2,1-4H3,(H2,17,18,20). The molecule has 0 atom stereocenters. The molecule has 0 spiro atoms. The second-order valence-corrected chi connectivity index (χ2v) is 8.02. The van der Waals surface area contributed by atoms with Crippen molar-refractivity contribution in [2.45, 2.75) is 58.9 Å². The topological polar surface area (TPSA) is 49.3 Å². The zero-order valence-electron chi connectivity index (χ0n) is 13.7. The number of aliphatic imine (C=N–C) groups is 1. The summed E-state index contributed by atoms with van der Waals surface area (Å²) >= 11 is 1.77. The number of hydrogen-bond acceptors (Lipinski definition) is 3. The number of hydrogen-bond donors (Lipinski definition) is 2. The van der Waals surface area contributed by atoms with E-state index in [0.29, 0.717) is 11.5 Å². The number of thiazole rings is 1. The maximum absolute atomic E-state index is 4.39. The molecule has 1 aromatic rings. The van der Waals surface area contributed by atoms with E-state index in [4.69, 9.17) is 0 Å². The molecule has 5 heteroatoms. The molecular formula is C16H28N4S. The summed E-state index contributed by atoms with van der Waals surface area (Å²) in [5.41, 5.74) is 0.512. The highest BCUT2D eigenvalue weighted by atomic mass is 32.1. The third kappa shape index (κ3) is 5.30. The van der Waals surface area contributed by atoms with Gasteiger partial charge in [0.2, 0.25) is 0 Å². The van der Waals surface area contributed by atoms with Crippen LogP contribution < -0.4 is 10.6 Å². The number of aromatic nitrogens is 1. The number of nitrogens with one attached hydrogen (secondary N) is 2. The number of aryl methyl sites for hydroxylation is 1. The fourth-order valence-corrected chi connectivity index (χ4v) is 3.52. The van der Waals surface area contributed by atoms with Crippen LogP contribution in [0.5, 0.6) is 0 Å². The second-order valence-electron chi connectivity index (χ2n) is 6.70. The highest BCUT2D eigenvalue weighted by molar-refractivity contribution is 7.11. The van der Waals surface area contributed by atoms with Crippen LogP contribution in [0.25, 0.3) is 0 Å². The lowest BCUT2D eigenvalue weighted by molar-refractivity contribution is 0.216. The van der Waals surface area contributed by atoms with Crippen molar-refractivity contribution >= 4 is 17.3 Å². The predicted molar refractivity (Wildman–Crippen MR) is 91.1 cm³/mol. The molecular weight excluding hydrogens is 280 g/mol. The minimum absolute atomic E-state index is 0.512. The van der Waals surface area contributed by atoms with Crippen LogP contribution in [0.1, 0.15) is 49.4 Å². The monoisotopic (exact) mass is 308 g/mol. The van der Waals surface area contributed by atoms with Crippen LogP contribution in [-0.4, -0.2) is 30.6 Å². The second kappa shape index (κ2) is 7.25. The van der Waals surface area contributed by atoms with Crippen molar-refractivity contribution in [1.29, 1.82) is 0 Å². The van der Waals surface area contributed by atoms with Gasteiger partial charge in [0.25, 0.3) is 0 Å². The van der Waals surface area contributed by atoms with Gasteiger partial charge >= 0.3 is 0 Å². The predicted octanol–water partition coefficient (Wildman–Crippen LogP) is 3.13. The molecule has 4 nitrogen and oxygen atoms in total. The molecule has 0 saturated heterocycles. The van der Waals surface area contributed by atoms with Crippen molar-refractivity contribution in [3.8, 4) is 0 Å². The summed E-state index contributed by atoms with van der Waals surface area (Å²) < 4.78 is 0. The van der Waals surface area contributed by atoms with Crippen LogP contribution in [0, 0.1) is 12.3 Å². The average molecular weight is 308 g/mol. The maximum Gasteiger partial charge on any atom is 0.191 e. The molecule has 1 aromatic heterocycles. The van der Waals surface area contributed by atoms with Gasteiger partial charge in [-0.25, -0.2) is 4.98 Å². The van der Waals surface area contributed by atoms with Crippen molar-refractivity contribution in [2.24, 2.45) is 10.4 Å². The van der Waals surface area contributed by atoms with Crippen LogP contribution in [0.2, 0.25) is 0 Å². The van der Waals surface area contributed by atoms with Gasteiger partial charge in [0.15, 0.2) is 5.96 Å². The van der Waals surface area contributed by atoms with Gasteiger partial charge in [-0.2, -0.15) is 0 Å². The summed E-state index contributed by atoms with van der Waals surface area (Å²) in [6.07, 6.45) is 7.95. The van der Waals surface area contributed by atoms with Crippen LogP contribution in [0.4, 0.5) is 0 Å². The molecule has 1 fully saturated rings. The number of rotatable bonds is 4. The Morgan fingerprint density at radius 3 is 2.71 bits per heavy atom.